The Kier molecular flexibility index (Phi) is 5.62. The summed E-state index contributed by atoms with van der Waals surface area (Å²) in [5.74, 6) is -0.279. The Bertz CT molecular complexity index is 685. The Morgan fingerprint density at radius 2 is 1.83 bits per heavy atom. The van der Waals surface area contributed by atoms with Crippen LogP contribution in [0.5, 0.6) is 0 Å². The average Bonchev–Trinajstić information content (AvgIpc) is 2.54. The van der Waals surface area contributed by atoms with Crippen LogP contribution in [0.25, 0.3) is 0 Å². The number of nitrogens with zero attached hydrogens (tertiary/aromatic N) is 2. The van der Waals surface area contributed by atoms with Gasteiger partial charge >= 0.3 is 0 Å². The fraction of sp³-hybridized carbons (Fsp3) is 0.250. The van der Waals surface area contributed by atoms with E-state index in [0.29, 0.717) is 18.8 Å². The molecule has 7 nitrogen and oxygen atoms in total. The van der Waals surface area contributed by atoms with Gasteiger partial charge in [0.05, 0.1) is 0 Å². The minimum atomic E-state index is -0.630. The van der Waals surface area contributed by atoms with Gasteiger partial charge in [0.1, 0.15) is 0 Å². The number of carbonyl (C=O) groups excluding carboxylic acids is 2. The Morgan fingerprint density at radius 1 is 1.13 bits per heavy atom. The lowest BCUT2D eigenvalue weighted by atomic mass is 10.2. The van der Waals surface area contributed by atoms with E-state index in [1.165, 1.54) is 12.4 Å². The Hall–Kier alpha value is -2.96. The molecule has 0 saturated heterocycles. The second-order valence-electron chi connectivity index (χ2n) is 4.97. The summed E-state index contributed by atoms with van der Waals surface area (Å²) in [4.78, 5) is 30.8. The Morgan fingerprint density at radius 3 is 2.48 bits per heavy atom. The van der Waals surface area contributed by atoms with E-state index in [1.807, 2.05) is 31.2 Å². The van der Waals surface area contributed by atoms with Crippen LogP contribution in [0.4, 0.5) is 11.5 Å². The van der Waals surface area contributed by atoms with Gasteiger partial charge in [-0.1, -0.05) is 19.1 Å². The quantitative estimate of drug-likeness (QED) is 0.723. The molecule has 7 heteroatoms. The predicted molar refractivity (Wildman–Crippen MR) is 87.9 cm³/mol. The van der Waals surface area contributed by atoms with Crippen LogP contribution < -0.4 is 16.4 Å². The van der Waals surface area contributed by atoms with Crippen LogP contribution in [0.2, 0.25) is 0 Å². The maximum Gasteiger partial charge on any atom is 0.271 e. The Labute approximate surface area is 134 Å². The third-order valence-corrected chi connectivity index (χ3v) is 3.11. The summed E-state index contributed by atoms with van der Waals surface area (Å²) in [5, 5.41) is 5.85. The molecule has 2 aromatic rings. The fourth-order valence-corrected chi connectivity index (χ4v) is 1.99. The lowest BCUT2D eigenvalue weighted by Crippen LogP contribution is -2.17. The lowest BCUT2D eigenvalue weighted by Gasteiger charge is -2.09. The number of primary amides is 1. The molecule has 120 valence electrons. The van der Waals surface area contributed by atoms with Gasteiger partial charge in [0.25, 0.3) is 5.91 Å². The highest BCUT2D eigenvalue weighted by Crippen LogP contribution is 2.13. The molecule has 0 aliphatic carbocycles. The molecule has 4 N–H and O–H groups in total. The summed E-state index contributed by atoms with van der Waals surface area (Å²) < 4.78 is 0. The van der Waals surface area contributed by atoms with Gasteiger partial charge in [0.15, 0.2) is 11.5 Å². The van der Waals surface area contributed by atoms with Crippen molar-refractivity contribution in [3.05, 3.63) is 47.9 Å². The number of aromatic nitrogens is 2. The number of anilines is 2. The average molecular weight is 313 g/mol. The highest BCUT2D eigenvalue weighted by molar-refractivity contribution is 5.95. The number of nitrogens with two attached hydrogens (primary N) is 1. The molecule has 1 aromatic carbocycles. The van der Waals surface area contributed by atoms with Crippen LogP contribution in [-0.2, 0) is 11.3 Å². The van der Waals surface area contributed by atoms with Gasteiger partial charge in [-0.2, -0.15) is 0 Å². The van der Waals surface area contributed by atoms with Crippen molar-refractivity contribution in [1.82, 2.24) is 9.97 Å². The monoisotopic (exact) mass is 313 g/mol. The molecule has 0 radical (unpaired) electrons. The summed E-state index contributed by atoms with van der Waals surface area (Å²) in [7, 11) is 0. The number of hydrogen-bond acceptors (Lipinski definition) is 5. The van der Waals surface area contributed by atoms with Crippen LogP contribution >= 0.6 is 0 Å². The molecule has 0 unspecified atom stereocenters. The van der Waals surface area contributed by atoms with Crippen molar-refractivity contribution in [1.29, 1.82) is 0 Å². The standard InChI is InChI=1S/C16H19N5O2/c1-2-3-13(22)21-12-6-4-11(5-7-12)10-20-16-14(15(17)23)18-8-9-19-16/h4-9H,2-3,10H2,1H3,(H2,17,23)(H,19,20)(H,21,22). The number of benzene rings is 1. The fourth-order valence-electron chi connectivity index (χ4n) is 1.99. The third kappa shape index (κ3) is 4.77. The number of carbonyl (C=O) groups is 2. The van der Waals surface area contributed by atoms with Gasteiger partial charge < -0.3 is 16.4 Å². The molecule has 2 rings (SSSR count). The van der Waals surface area contributed by atoms with Crippen molar-refractivity contribution < 1.29 is 9.59 Å². The van der Waals surface area contributed by atoms with E-state index in [1.54, 1.807) is 0 Å². The molecule has 0 aliphatic heterocycles. The van der Waals surface area contributed by atoms with E-state index < -0.39 is 5.91 Å². The minimum absolute atomic E-state index is 0.00374. The molecular formula is C16H19N5O2. The first kappa shape index (κ1) is 16.4. The van der Waals surface area contributed by atoms with E-state index in [-0.39, 0.29) is 11.6 Å². The molecule has 1 heterocycles. The highest BCUT2D eigenvalue weighted by Gasteiger charge is 2.10. The number of nitrogens with one attached hydrogen (secondary N) is 2. The van der Waals surface area contributed by atoms with Crippen LogP contribution in [0.1, 0.15) is 35.8 Å². The van der Waals surface area contributed by atoms with Crippen molar-refractivity contribution in [3.8, 4) is 0 Å². The second kappa shape index (κ2) is 7.88. The van der Waals surface area contributed by atoms with E-state index in [9.17, 15) is 9.59 Å². The first-order valence-corrected chi connectivity index (χ1v) is 7.33. The molecule has 1 aromatic heterocycles. The van der Waals surface area contributed by atoms with Gasteiger partial charge in [-0.25, -0.2) is 9.97 Å². The molecule has 0 fully saturated rings. The normalized spacial score (nSPS) is 10.1. The van der Waals surface area contributed by atoms with Crippen LogP contribution in [0.3, 0.4) is 0 Å². The molecule has 0 bridgehead atoms. The molecule has 0 atom stereocenters. The number of amides is 2. The summed E-state index contributed by atoms with van der Waals surface area (Å²) in [5.41, 5.74) is 7.09. The van der Waals surface area contributed by atoms with E-state index >= 15 is 0 Å². The summed E-state index contributed by atoms with van der Waals surface area (Å²) in [6.07, 6.45) is 4.22. The lowest BCUT2D eigenvalue weighted by molar-refractivity contribution is -0.116. The van der Waals surface area contributed by atoms with Crippen molar-refractivity contribution in [2.45, 2.75) is 26.3 Å². The predicted octanol–water partition coefficient (Wildman–Crippen LogP) is 1.93. The van der Waals surface area contributed by atoms with E-state index in [2.05, 4.69) is 20.6 Å². The first-order chi connectivity index (χ1) is 11.1. The zero-order valence-electron chi connectivity index (χ0n) is 12.9. The number of rotatable bonds is 7. The van der Waals surface area contributed by atoms with Crippen LogP contribution in [0.15, 0.2) is 36.7 Å². The zero-order chi connectivity index (χ0) is 16.7. The van der Waals surface area contributed by atoms with Gasteiger partial charge in [-0.05, 0) is 24.1 Å². The van der Waals surface area contributed by atoms with Gasteiger partial charge in [0, 0.05) is 31.0 Å². The maximum atomic E-state index is 11.5. The van der Waals surface area contributed by atoms with Gasteiger partial charge in [-0.3, -0.25) is 9.59 Å². The molecule has 0 saturated carbocycles. The van der Waals surface area contributed by atoms with Gasteiger partial charge in [-0.15, -0.1) is 0 Å². The van der Waals surface area contributed by atoms with Crippen molar-refractivity contribution in [2.75, 3.05) is 10.6 Å². The van der Waals surface area contributed by atoms with Crippen molar-refractivity contribution >= 4 is 23.3 Å². The third-order valence-electron chi connectivity index (χ3n) is 3.11. The Balaban J connectivity index is 1.97. The van der Waals surface area contributed by atoms with E-state index in [4.69, 9.17) is 5.73 Å². The molecule has 0 spiro atoms. The molecule has 23 heavy (non-hydrogen) atoms. The van der Waals surface area contributed by atoms with Gasteiger partial charge in [0.2, 0.25) is 5.91 Å². The molecule has 2 amide bonds. The smallest absolute Gasteiger partial charge is 0.271 e. The van der Waals surface area contributed by atoms with E-state index in [0.717, 1.165) is 17.7 Å². The maximum absolute atomic E-state index is 11.5. The summed E-state index contributed by atoms with van der Waals surface area (Å²) >= 11 is 0. The topological polar surface area (TPSA) is 110 Å². The van der Waals surface area contributed by atoms with Crippen molar-refractivity contribution in [2.24, 2.45) is 5.73 Å². The second-order valence-corrected chi connectivity index (χ2v) is 4.97. The summed E-state index contributed by atoms with van der Waals surface area (Å²) in [6, 6.07) is 7.43. The summed E-state index contributed by atoms with van der Waals surface area (Å²) in [6.45, 7) is 2.42. The molecule has 0 aliphatic rings. The number of hydrogen-bond donors (Lipinski definition) is 3. The van der Waals surface area contributed by atoms with Crippen molar-refractivity contribution in [3.63, 3.8) is 0 Å². The SMILES string of the molecule is CCCC(=O)Nc1ccc(CNc2nccnc2C(N)=O)cc1. The molecular weight excluding hydrogens is 294 g/mol. The zero-order valence-corrected chi connectivity index (χ0v) is 12.9. The minimum Gasteiger partial charge on any atom is -0.364 e. The van der Waals surface area contributed by atoms with Crippen LogP contribution in [-0.4, -0.2) is 21.8 Å². The highest BCUT2D eigenvalue weighted by atomic mass is 16.2. The largest absolute Gasteiger partial charge is 0.364 e. The first-order valence-electron chi connectivity index (χ1n) is 7.33. The van der Waals surface area contributed by atoms with Crippen LogP contribution in [0, 0.1) is 0 Å².